The van der Waals surface area contributed by atoms with Crippen LogP contribution in [-0.2, 0) is 6.54 Å². The van der Waals surface area contributed by atoms with E-state index in [9.17, 15) is 0 Å². The third-order valence-electron chi connectivity index (χ3n) is 3.72. The Morgan fingerprint density at radius 1 is 1.47 bits per heavy atom. The topological polar surface area (TPSA) is 24.5 Å². The molecule has 0 amide bonds. The molecule has 1 aliphatic heterocycles. The number of ether oxygens (including phenoxy) is 1. The second-order valence-corrected chi connectivity index (χ2v) is 5.44. The van der Waals surface area contributed by atoms with Crippen molar-refractivity contribution in [2.75, 3.05) is 26.7 Å². The standard InChI is InChI=1S/C15H23ClN2O/c1-3-9-18(12-7-8-17-10-12)11-13-14(16)5-4-6-15(13)19-2/h4-6,12,17H,3,7-11H2,1-2H3. The molecule has 3 nitrogen and oxygen atoms in total. The minimum Gasteiger partial charge on any atom is -0.496 e. The Bertz CT molecular complexity index is 405. The molecular formula is C15H23ClN2O. The SMILES string of the molecule is CCCN(Cc1c(Cl)cccc1OC)C1CCNC1. The van der Waals surface area contributed by atoms with E-state index in [-0.39, 0.29) is 0 Å². The lowest BCUT2D eigenvalue weighted by Gasteiger charge is -2.29. The van der Waals surface area contributed by atoms with Crippen LogP contribution < -0.4 is 10.1 Å². The third kappa shape index (κ3) is 3.62. The average molecular weight is 283 g/mol. The summed E-state index contributed by atoms with van der Waals surface area (Å²) in [4.78, 5) is 2.52. The molecule has 1 aliphatic rings. The quantitative estimate of drug-likeness (QED) is 0.868. The molecule has 1 N–H and O–H groups in total. The summed E-state index contributed by atoms with van der Waals surface area (Å²) in [5.41, 5.74) is 1.10. The van der Waals surface area contributed by atoms with E-state index in [1.54, 1.807) is 7.11 Å². The summed E-state index contributed by atoms with van der Waals surface area (Å²) in [5.74, 6) is 0.888. The molecule has 19 heavy (non-hydrogen) atoms. The number of hydrogen-bond donors (Lipinski definition) is 1. The van der Waals surface area contributed by atoms with Crippen LogP contribution in [0.3, 0.4) is 0 Å². The van der Waals surface area contributed by atoms with Crippen molar-refractivity contribution >= 4 is 11.6 Å². The number of halogens is 1. The molecule has 1 atom stereocenters. The Balaban J connectivity index is 2.16. The molecule has 1 fully saturated rings. The van der Waals surface area contributed by atoms with Crippen LogP contribution in [0.2, 0.25) is 5.02 Å². The van der Waals surface area contributed by atoms with Crippen LogP contribution in [0.25, 0.3) is 0 Å². The zero-order valence-corrected chi connectivity index (χ0v) is 12.5. The van der Waals surface area contributed by atoms with E-state index < -0.39 is 0 Å². The van der Waals surface area contributed by atoms with Crippen molar-refractivity contribution in [1.29, 1.82) is 0 Å². The zero-order valence-electron chi connectivity index (χ0n) is 11.8. The van der Waals surface area contributed by atoms with E-state index in [1.807, 2.05) is 18.2 Å². The summed E-state index contributed by atoms with van der Waals surface area (Å²) < 4.78 is 5.44. The molecule has 0 aliphatic carbocycles. The fourth-order valence-corrected chi connectivity index (χ4v) is 2.94. The number of nitrogens with zero attached hydrogens (tertiary/aromatic N) is 1. The van der Waals surface area contributed by atoms with Gasteiger partial charge in [-0.05, 0) is 38.1 Å². The Morgan fingerprint density at radius 3 is 2.95 bits per heavy atom. The highest BCUT2D eigenvalue weighted by Crippen LogP contribution is 2.28. The average Bonchev–Trinajstić information content (AvgIpc) is 2.94. The third-order valence-corrected chi connectivity index (χ3v) is 4.07. The van der Waals surface area contributed by atoms with Gasteiger partial charge in [0.15, 0.2) is 0 Å². The zero-order chi connectivity index (χ0) is 13.7. The first-order chi connectivity index (χ1) is 9.26. The number of benzene rings is 1. The van der Waals surface area contributed by atoms with Crippen molar-refractivity contribution in [3.05, 3.63) is 28.8 Å². The van der Waals surface area contributed by atoms with E-state index >= 15 is 0 Å². The molecule has 2 rings (SSSR count). The van der Waals surface area contributed by atoms with Crippen molar-refractivity contribution in [2.45, 2.75) is 32.4 Å². The number of nitrogens with one attached hydrogen (secondary N) is 1. The molecular weight excluding hydrogens is 260 g/mol. The van der Waals surface area contributed by atoms with Gasteiger partial charge >= 0.3 is 0 Å². The van der Waals surface area contributed by atoms with Gasteiger partial charge in [0.25, 0.3) is 0 Å². The molecule has 1 aromatic rings. The van der Waals surface area contributed by atoms with Crippen molar-refractivity contribution in [3.63, 3.8) is 0 Å². The first kappa shape index (κ1) is 14.6. The van der Waals surface area contributed by atoms with Gasteiger partial charge in [0.2, 0.25) is 0 Å². The first-order valence-corrected chi connectivity index (χ1v) is 7.40. The second kappa shape index (κ2) is 7.13. The van der Waals surface area contributed by atoms with E-state index in [0.29, 0.717) is 6.04 Å². The smallest absolute Gasteiger partial charge is 0.124 e. The highest BCUT2D eigenvalue weighted by atomic mass is 35.5. The predicted octanol–water partition coefficient (Wildman–Crippen LogP) is 2.92. The Kier molecular flexibility index (Phi) is 5.49. The van der Waals surface area contributed by atoms with Crippen LogP contribution in [0.5, 0.6) is 5.75 Å². The lowest BCUT2D eigenvalue weighted by Crippen LogP contribution is -2.37. The van der Waals surface area contributed by atoms with E-state index in [2.05, 4.69) is 17.1 Å². The van der Waals surface area contributed by atoms with Crippen LogP contribution in [-0.4, -0.2) is 37.7 Å². The van der Waals surface area contributed by atoms with Crippen LogP contribution >= 0.6 is 11.6 Å². The molecule has 0 saturated carbocycles. The highest BCUT2D eigenvalue weighted by Gasteiger charge is 2.23. The van der Waals surface area contributed by atoms with Crippen LogP contribution in [0.1, 0.15) is 25.3 Å². The van der Waals surface area contributed by atoms with Crippen LogP contribution in [0.15, 0.2) is 18.2 Å². The van der Waals surface area contributed by atoms with E-state index in [4.69, 9.17) is 16.3 Å². The fourth-order valence-electron chi connectivity index (χ4n) is 2.72. The minimum atomic E-state index is 0.612. The fraction of sp³-hybridized carbons (Fsp3) is 0.600. The Hall–Kier alpha value is -0.770. The summed E-state index contributed by atoms with van der Waals surface area (Å²) in [6, 6.07) is 6.47. The van der Waals surface area contributed by atoms with Crippen molar-refractivity contribution in [3.8, 4) is 5.75 Å². The van der Waals surface area contributed by atoms with Gasteiger partial charge in [0.05, 0.1) is 7.11 Å². The summed E-state index contributed by atoms with van der Waals surface area (Å²) in [6.45, 7) is 6.38. The van der Waals surface area contributed by atoms with Gasteiger partial charge in [-0.15, -0.1) is 0 Å². The van der Waals surface area contributed by atoms with E-state index in [0.717, 1.165) is 48.9 Å². The minimum absolute atomic E-state index is 0.612. The van der Waals surface area contributed by atoms with Gasteiger partial charge in [0.1, 0.15) is 5.75 Å². The van der Waals surface area contributed by atoms with Gasteiger partial charge in [-0.1, -0.05) is 24.6 Å². The Labute approximate surface area is 120 Å². The molecule has 1 heterocycles. The molecule has 0 radical (unpaired) electrons. The lowest BCUT2D eigenvalue weighted by molar-refractivity contribution is 0.197. The maximum Gasteiger partial charge on any atom is 0.124 e. The maximum absolute atomic E-state index is 6.34. The predicted molar refractivity (Wildman–Crippen MR) is 80.0 cm³/mol. The van der Waals surface area contributed by atoms with E-state index in [1.165, 1.54) is 6.42 Å². The van der Waals surface area contributed by atoms with Gasteiger partial charge < -0.3 is 10.1 Å². The first-order valence-electron chi connectivity index (χ1n) is 7.02. The van der Waals surface area contributed by atoms with Gasteiger partial charge in [-0.3, -0.25) is 4.90 Å². The number of rotatable bonds is 6. The molecule has 0 bridgehead atoms. The summed E-state index contributed by atoms with van der Waals surface area (Å²) in [7, 11) is 1.70. The van der Waals surface area contributed by atoms with Crippen LogP contribution in [0.4, 0.5) is 0 Å². The molecule has 0 aromatic heterocycles. The number of methoxy groups -OCH3 is 1. The monoisotopic (exact) mass is 282 g/mol. The molecule has 1 unspecified atom stereocenters. The van der Waals surface area contributed by atoms with Crippen LogP contribution in [0, 0.1) is 0 Å². The summed E-state index contributed by atoms with van der Waals surface area (Å²) >= 11 is 6.34. The van der Waals surface area contributed by atoms with Crippen molar-refractivity contribution in [2.24, 2.45) is 0 Å². The van der Waals surface area contributed by atoms with Gasteiger partial charge in [0, 0.05) is 29.7 Å². The normalized spacial score (nSPS) is 19.1. The second-order valence-electron chi connectivity index (χ2n) is 5.04. The molecule has 106 valence electrons. The van der Waals surface area contributed by atoms with Crippen molar-refractivity contribution in [1.82, 2.24) is 10.2 Å². The summed E-state index contributed by atoms with van der Waals surface area (Å²) in [6.07, 6.45) is 2.37. The molecule has 1 saturated heterocycles. The van der Waals surface area contributed by atoms with Gasteiger partial charge in [-0.25, -0.2) is 0 Å². The molecule has 1 aromatic carbocycles. The van der Waals surface area contributed by atoms with Crippen molar-refractivity contribution < 1.29 is 4.74 Å². The Morgan fingerprint density at radius 2 is 2.32 bits per heavy atom. The lowest BCUT2D eigenvalue weighted by atomic mass is 10.1. The number of hydrogen-bond acceptors (Lipinski definition) is 3. The maximum atomic E-state index is 6.34. The largest absolute Gasteiger partial charge is 0.496 e. The summed E-state index contributed by atoms with van der Waals surface area (Å²) in [5, 5.41) is 4.23. The highest BCUT2D eigenvalue weighted by molar-refractivity contribution is 6.31. The molecule has 0 spiro atoms. The molecule has 4 heteroatoms. The van der Waals surface area contributed by atoms with Gasteiger partial charge in [-0.2, -0.15) is 0 Å².